The normalized spacial score (nSPS) is 13.3. The monoisotopic (exact) mass is 343 g/mol. The first-order valence-electron chi connectivity index (χ1n) is 6.30. The van der Waals surface area contributed by atoms with Gasteiger partial charge in [0.1, 0.15) is 5.75 Å². The molecule has 0 aliphatic heterocycles. The van der Waals surface area contributed by atoms with Gasteiger partial charge in [-0.1, -0.05) is 19.1 Å². The number of rotatable bonds is 7. The number of carboxylic acid groups (broad SMARTS) is 1. The largest absolute Gasteiger partial charge is 0.481 e. The third kappa shape index (κ3) is 5.61. The molecule has 2 atom stereocenters. The molecule has 0 spiro atoms. The maximum Gasteiger partial charge on any atom is 0.303 e. The maximum atomic E-state index is 11.9. The Kier molecular flexibility index (Phi) is 6.51. The molecule has 0 saturated heterocycles. The van der Waals surface area contributed by atoms with Crippen molar-refractivity contribution >= 4 is 27.8 Å². The number of benzene rings is 1. The first-order valence-corrected chi connectivity index (χ1v) is 7.10. The third-order valence-corrected chi connectivity index (χ3v) is 3.31. The Hall–Kier alpha value is -1.56. The van der Waals surface area contributed by atoms with Crippen LogP contribution in [0, 0.1) is 5.92 Å². The molecular formula is C14H18BrNO4. The van der Waals surface area contributed by atoms with Crippen LogP contribution in [-0.4, -0.2) is 29.6 Å². The lowest BCUT2D eigenvalue weighted by Gasteiger charge is -2.17. The van der Waals surface area contributed by atoms with Crippen LogP contribution < -0.4 is 10.1 Å². The van der Waals surface area contributed by atoms with Crippen LogP contribution in [0.1, 0.15) is 20.3 Å². The highest BCUT2D eigenvalue weighted by Gasteiger charge is 2.17. The molecule has 2 N–H and O–H groups in total. The minimum atomic E-state index is -0.871. The molecule has 1 aromatic rings. The van der Waals surface area contributed by atoms with Crippen LogP contribution in [0.2, 0.25) is 0 Å². The number of carboxylic acids is 1. The zero-order chi connectivity index (χ0) is 15.1. The Bertz CT molecular complexity index is 478. The molecule has 0 bridgehead atoms. The van der Waals surface area contributed by atoms with Crippen LogP contribution in [0.5, 0.6) is 5.75 Å². The zero-order valence-corrected chi connectivity index (χ0v) is 13.0. The first-order chi connectivity index (χ1) is 9.40. The van der Waals surface area contributed by atoms with Gasteiger partial charge in [-0.15, -0.1) is 0 Å². The lowest BCUT2D eigenvalue weighted by Crippen LogP contribution is -2.38. The van der Waals surface area contributed by atoms with Crippen LogP contribution in [0.25, 0.3) is 0 Å². The van der Waals surface area contributed by atoms with E-state index >= 15 is 0 Å². The molecule has 20 heavy (non-hydrogen) atoms. The molecule has 0 radical (unpaired) electrons. The Morgan fingerprint density at radius 3 is 2.60 bits per heavy atom. The summed E-state index contributed by atoms with van der Waals surface area (Å²) in [6.07, 6.45) is -0.620. The highest BCUT2D eigenvalue weighted by atomic mass is 79.9. The summed E-state index contributed by atoms with van der Waals surface area (Å²) in [5.74, 6) is -0.664. The van der Waals surface area contributed by atoms with Gasteiger partial charge in [0.15, 0.2) is 6.10 Å². The van der Waals surface area contributed by atoms with Gasteiger partial charge in [-0.05, 0) is 40.9 Å². The van der Waals surface area contributed by atoms with Crippen LogP contribution in [0.15, 0.2) is 28.7 Å². The van der Waals surface area contributed by atoms with Crippen LogP contribution in [-0.2, 0) is 9.59 Å². The van der Waals surface area contributed by atoms with Gasteiger partial charge in [0.2, 0.25) is 0 Å². The van der Waals surface area contributed by atoms with E-state index in [4.69, 9.17) is 9.84 Å². The number of aliphatic carboxylic acids is 1. The van der Waals surface area contributed by atoms with Gasteiger partial charge in [0, 0.05) is 13.0 Å². The third-order valence-electron chi connectivity index (χ3n) is 2.66. The van der Waals surface area contributed by atoms with E-state index in [1.807, 2.05) is 18.2 Å². The molecule has 0 aliphatic rings. The molecule has 1 rings (SSSR count). The molecule has 0 aliphatic carbocycles. The molecular weight excluding hydrogens is 326 g/mol. The van der Waals surface area contributed by atoms with Crippen molar-refractivity contribution in [3.05, 3.63) is 28.7 Å². The van der Waals surface area contributed by atoms with E-state index in [1.165, 1.54) is 0 Å². The fraction of sp³-hybridized carbons (Fsp3) is 0.429. The van der Waals surface area contributed by atoms with Gasteiger partial charge in [-0.3, -0.25) is 9.59 Å². The van der Waals surface area contributed by atoms with E-state index in [9.17, 15) is 9.59 Å². The molecule has 0 fully saturated rings. The maximum absolute atomic E-state index is 11.9. The summed E-state index contributed by atoms with van der Waals surface area (Å²) < 4.78 is 6.32. The Morgan fingerprint density at radius 2 is 2.00 bits per heavy atom. The van der Waals surface area contributed by atoms with Crippen LogP contribution in [0.3, 0.4) is 0 Å². The van der Waals surface area contributed by atoms with Crippen LogP contribution in [0.4, 0.5) is 0 Å². The minimum absolute atomic E-state index is 0.0275. The predicted octanol–water partition coefficient (Wildman–Crippen LogP) is 2.44. The van der Waals surface area contributed by atoms with Crippen molar-refractivity contribution < 1.29 is 19.4 Å². The lowest BCUT2D eigenvalue weighted by molar-refractivity contribution is -0.138. The average Bonchev–Trinajstić information content (AvgIpc) is 2.37. The van der Waals surface area contributed by atoms with Gasteiger partial charge in [0.05, 0.1) is 4.47 Å². The van der Waals surface area contributed by atoms with E-state index in [0.29, 0.717) is 12.3 Å². The van der Waals surface area contributed by atoms with Crippen molar-refractivity contribution in [3.63, 3.8) is 0 Å². The second-order valence-corrected chi connectivity index (χ2v) is 5.49. The Balaban J connectivity index is 2.44. The van der Waals surface area contributed by atoms with Gasteiger partial charge in [-0.25, -0.2) is 0 Å². The molecule has 0 aromatic heterocycles. The highest BCUT2D eigenvalue weighted by Crippen LogP contribution is 2.24. The second kappa shape index (κ2) is 7.89. The summed E-state index contributed by atoms with van der Waals surface area (Å²) in [6, 6.07) is 7.27. The summed E-state index contributed by atoms with van der Waals surface area (Å²) in [5.41, 5.74) is 0. The Labute approximate surface area is 126 Å². The fourth-order valence-electron chi connectivity index (χ4n) is 1.57. The standard InChI is InChI=1S/C14H18BrNO4/c1-9(7-13(17)18)8-16-14(19)10(2)20-12-6-4-3-5-11(12)15/h3-6,9-10H,7-8H2,1-2H3,(H,16,19)(H,17,18). The van der Waals surface area contributed by atoms with E-state index in [-0.39, 0.29) is 18.2 Å². The van der Waals surface area contributed by atoms with E-state index in [0.717, 1.165) is 4.47 Å². The molecule has 1 amide bonds. The van der Waals surface area contributed by atoms with Crippen molar-refractivity contribution in [2.45, 2.75) is 26.4 Å². The van der Waals surface area contributed by atoms with Gasteiger partial charge >= 0.3 is 5.97 Å². The van der Waals surface area contributed by atoms with Gasteiger partial charge in [0.25, 0.3) is 5.91 Å². The molecule has 110 valence electrons. The number of para-hydroxylation sites is 1. The summed E-state index contributed by atoms with van der Waals surface area (Å²) in [6.45, 7) is 3.74. The molecule has 0 heterocycles. The molecule has 0 saturated carbocycles. The van der Waals surface area contributed by atoms with Crippen molar-refractivity contribution in [2.24, 2.45) is 5.92 Å². The van der Waals surface area contributed by atoms with E-state index in [1.54, 1.807) is 19.9 Å². The number of amides is 1. The number of carbonyl (C=O) groups is 2. The van der Waals surface area contributed by atoms with Gasteiger partial charge < -0.3 is 15.2 Å². The van der Waals surface area contributed by atoms with E-state index < -0.39 is 12.1 Å². The molecule has 5 nitrogen and oxygen atoms in total. The summed E-state index contributed by atoms with van der Waals surface area (Å²) in [7, 11) is 0. The topological polar surface area (TPSA) is 75.6 Å². The van der Waals surface area contributed by atoms with E-state index in [2.05, 4.69) is 21.2 Å². The molecule has 1 aromatic carbocycles. The summed E-state index contributed by atoms with van der Waals surface area (Å²) >= 11 is 3.34. The SMILES string of the molecule is CC(CNC(=O)C(C)Oc1ccccc1Br)CC(=O)O. The number of ether oxygens (including phenoxy) is 1. The lowest BCUT2D eigenvalue weighted by atomic mass is 10.1. The van der Waals surface area contributed by atoms with Crippen molar-refractivity contribution in [2.75, 3.05) is 6.54 Å². The van der Waals surface area contributed by atoms with Crippen LogP contribution >= 0.6 is 15.9 Å². The van der Waals surface area contributed by atoms with Crippen molar-refractivity contribution in [1.82, 2.24) is 5.32 Å². The Morgan fingerprint density at radius 1 is 1.35 bits per heavy atom. The van der Waals surface area contributed by atoms with Crippen molar-refractivity contribution in [3.8, 4) is 5.75 Å². The fourth-order valence-corrected chi connectivity index (χ4v) is 1.95. The predicted molar refractivity (Wildman–Crippen MR) is 78.7 cm³/mol. The molecule has 6 heteroatoms. The zero-order valence-electron chi connectivity index (χ0n) is 11.4. The molecule has 2 unspecified atom stereocenters. The highest BCUT2D eigenvalue weighted by molar-refractivity contribution is 9.10. The smallest absolute Gasteiger partial charge is 0.303 e. The number of nitrogens with one attached hydrogen (secondary N) is 1. The number of hydrogen-bond donors (Lipinski definition) is 2. The number of hydrogen-bond acceptors (Lipinski definition) is 3. The first kappa shape index (κ1) is 16.5. The minimum Gasteiger partial charge on any atom is -0.481 e. The summed E-state index contributed by atoms with van der Waals surface area (Å²) in [4.78, 5) is 22.4. The average molecular weight is 344 g/mol. The second-order valence-electron chi connectivity index (χ2n) is 4.64. The quantitative estimate of drug-likeness (QED) is 0.797. The van der Waals surface area contributed by atoms with Crippen molar-refractivity contribution in [1.29, 1.82) is 0 Å². The number of halogens is 1. The number of carbonyl (C=O) groups excluding carboxylic acids is 1. The van der Waals surface area contributed by atoms with Gasteiger partial charge in [-0.2, -0.15) is 0 Å². The summed E-state index contributed by atoms with van der Waals surface area (Å²) in [5, 5.41) is 11.3.